The summed E-state index contributed by atoms with van der Waals surface area (Å²) in [6.45, 7) is 8.23. The van der Waals surface area contributed by atoms with Gasteiger partial charge in [0.2, 0.25) is 0 Å². The molecular formula is C16H23N7. The van der Waals surface area contributed by atoms with E-state index in [1.165, 1.54) is 0 Å². The Morgan fingerprint density at radius 1 is 1.04 bits per heavy atom. The van der Waals surface area contributed by atoms with Crippen molar-refractivity contribution in [3.05, 3.63) is 30.7 Å². The maximum absolute atomic E-state index is 4.49. The van der Waals surface area contributed by atoms with Gasteiger partial charge < -0.3 is 20.9 Å². The number of pyridine rings is 1. The molecule has 122 valence electrons. The Bertz CT molecular complexity index is 621. The fourth-order valence-electron chi connectivity index (χ4n) is 2.50. The highest BCUT2D eigenvalue weighted by molar-refractivity contribution is 5.58. The molecule has 0 radical (unpaired) electrons. The minimum atomic E-state index is 0.328. The van der Waals surface area contributed by atoms with Gasteiger partial charge in [0.25, 0.3) is 0 Å². The topological polar surface area (TPSA) is 78.0 Å². The number of aromatic nitrogens is 3. The van der Waals surface area contributed by atoms with E-state index in [4.69, 9.17) is 0 Å². The van der Waals surface area contributed by atoms with Gasteiger partial charge in [-0.15, -0.1) is 0 Å². The van der Waals surface area contributed by atoms with Gasteiger partial charge in [0.1, 0.15) is 23.8 Å². The molecule has 1 aliphatic heterocycles. The van der Waals surface area contributed by atoms with E-state index in [1.807, 2.05) is 18.3 Å². The van der Waals surface area contributed by atoms with Crippen molar-refractivity contribution in [1.82, 2.24) is 20.3 Å². The van der Waals surface area contributed by atoms with Gasteiger partial charge in [-0.05, 0) is 26.0 Å². The molecule has 0 aromatic carbocycles. The van der Waals surface area contributed by atoms with Crippen LogP contribution in [0.3, 0.4) is 0 Å². The molecule has 2 aromatic rings. The number of nitrogens with one attached hydrogen (secondary N) is 3. The van der Waals surface area contributed by atoms with E-state index >= 15 is 0 Å². The van der Waals surface area contributed by atoms with Crippen LogP contribution in [0.25, 0.3) is 0 Å². The highest BCUT2D eigenvalue weighted by Crippen LogP contribution is 2.19. The smallest absolute Gasteiger partial charge is 0.137 e. The SMILES string of the molecule is CC(C)Nc1cc(Nc2ccc(N3CCNCC3)cn2)ncn1. The Hall–Kier alpha value is -2.41. The van der Waals surface area contributed by atoms with Gasteiger partial charge in [0.15, 0.2) is 0 Å². The summed E-state index contributed by atoms with van der Waals surface area (Å²) < 4.78 is 0. The molecule has 0 bridgehead atoms. The van der Waals surface area contributed by atoms with Crippen LogP contribution >= 0.6 is 0 Å². The van der Waals surface area contributed by atoms with Gasteiger partial charge in [-0.25, -0.2) is 15.0 Å². The van der Waals surface area contributed by atoms with Crippen molar-refractivity contribution in [3.8, 4) is 0 Å². The van der Waals surface area contributed by atoms with Gasteiger partial charge in [-0.1, -0.05) is 0 Å². The lowest BCUT2D eigenvalue weighted by Crippen LogP contribution is -2.43. The molecule has 3 N–H and O–H groups in total. The number of rotatable bonds is 5. The van der Waals surface area contributed by atoms with Crippen molar-refractivity contribution in [2.45, 2.75) is 19.9 Å². The molecule has 3 rings (SSSR count). The molecule has 1 aliphatic rings. The van der Waals surface area contributed by atoms with Crippen LogP contribution in [-0.4, -0.2) is 47.2 Å². The summed E-state index contributed by atoms with van der Waals surface area (Å²) in [6.07, 6.45) is 3.45. The van der Waals surface area contributed by atoms with E-state index in [9.17, 15) is 0 Å². The summed E-state index contributed by atoms with van der Waals surface area (Å²) in [7, 11) is 0. The Balaban J connectivity index is 1.66. The third kappa shape index (κ3) is 4.29. The summed E-state index contributed by atoms with van der Waals surface area (Å²) in [5.74, 6) is 2.30. The summed E-state index contributed by atoms with van der Waals surface area (Å²) in [5, 5.41) is 9.83. The largest absolute Gasteiger partial charge is 0.368 e. The highest BCUT2D eigenvalue weighted by atomic mass is 15.2. The highest BCUT2D eigenvalue weighted by Gasteiger charge is 2.10. The zero-order valence-electron chi connectivity index (χ0n) is 13.6. The lowest BCUT2D eigenvalue weighted by atomic mass is 10.3. The number of nitrogens with zero attached hydrogens (tertiary/aromatic N) is 4. The Morgan fingerprint density at radius 3 is 2.52 bits per heavy atom. The number of piperazine rings is 1. The lowest BCUT2D eigenvalue weighted by Gasteiger charge is -2.29. The lowest BCUT2D eigenvalue weighted by molar-refractivity contribution is 0.589. The second-order valence-corrected chi connectivity index (χ2v) is 5.85. The van der Waals surface area contributed by atoms with Gasteiger partial charge >= 0.3 is 0 Å². The molecule has 0 unspecified atom stereocenters. The van der Waals surface area contributed by atoms with Crippen molar-refractivity contribution in [2.24, 2.45) is 0 Å². The first-order chi connectivity index (χ1) is 11.2. The van der Waals surface area contributed by atoms with Crippen LogP contribution in [0, 0.1) is 0 Å². The molecule has 23 heavy (non-hydrogen) atoms. The van der Waals surface area contributed by atoms with Crippen LogP contribution < -0.4 is 20.9 Å². The molecule has 2 aromatic heterocycles. The maximum Gasteiger partial charge on any atom is 0.137 e. The maximum atomic E-state index is 4.49. The van der Waals surface area contributed by atoms with Crippen LogP contribution in [0.2, 0.25) is 0 Å². The van der Waals surface area contributed by atoms with E-state index in [-0.39, 0.29) is 0 Å². The van der Waals surface area contributed by atoms with Crippen molar-refractivity contribution in [1.29, 1.82) is 0 Å². The Labute approximate surface area is 136 Å². The fraction of sp³-hybridized carbons (Fsp3) is 0.438. The molecule has 0 amide bonds. The first kappa shape index (κ1) is 15.5. The predicted molar refractivity (Wildman–Crippen MR) is 93.4 cm³/mol. The van der Waals surface area contributed by atoms with Crippen LogP contribution in [0.1, 0.15) is 13.8 Å². The van der Waals surface area contributed by atoms with Crippen molar-refractivity contribution in [3.63, 3.8) is 0 Å². The second-order valence-electron chi connectivity index (χ2n) is 5.85. The van der Waals surface area contributed by atoms with Crippen LogP contribution in [0.4, 0.5) is 23.1 Å². The summed E-state index contributed by atoms with van der Waals surface area (Å²) in [4.78, 5) is 15.3. The van der Waals surface area contributed by atoms with E-state index in [0.717, 1.165) is 49.3 Å². The molecule has 1 fully saturated rings. The van der Waals surface area contributed by atoms with Crippen LogP contribution in [0.5, 0.6) is 0 Å². The average molecular weight is 313 g/mol. The van der Waals surface area contributed by atoms with Gasteiger partial charge in [-0.3, -0.25) is 0 Å². The zero-order valence-corrected chi connectivity index (χ0v) is 13.6. The summed E-state index contributed by atoms with van der Waals surface area (Å²) in [5.41, 5.74) is 1.15. The van der Waals surface area contributed by atoms with Crippen LogP contribution in [-0.2, 0) is 0 Å². The van der Waals surface area contributed by atoms with Crippen molar-refractivity contribution in [2.75, 3.05) is 41.7 Å². The van der Waals surface area contributed by atoms with Crippen LogP contribution in [0.15, 0.2) is 30.7 Å². The number of hydrogen-bond donors (Lipinski definition) is 3. The fourth-order valence-corrected chi connectivity index (χ4v) is 2.50. The normalized spacial score (nSPS) is 14.8. The first-order valence-corrected chi connectivity index (χ1v) is 7.98. The average Bonchev–Trinajstić information content (AvgIpc) is 2.56. The van der Waals surface area contributed by atoms with E-state index in [0.29, 0.717) is 6.04 Å². The molecule has 0 aliphatic carbocycles. The minimum Gasteiger partial charge on any atom is -0.368 e. The number of hydrogen-bond acceptors (Lipinski definition) is 7. The molecular weight excluding hydrogens is 290 g/mol. The van der Waals surface area contributed by atoms with Crippen molar-refractivity contribution >= 4 is 23.1 Å². The van der Waals surface area contributed by atoms with Crippen molar-refractivity contribution < 1.29 is 0 Å². The van der Waals surface area contributed by atoms with Gasteiger partial charge in [0.05, 0.1) is 11.9 Å². The molecule has 3 heterocycles. The Kier molecular flexibility index (Phi) is 4.87. The molecule has 7 heteroatoms. The second kappa shape index (κ2) is 7.23. The zero-order chi connectivity index (χ0) is 16.1. The Morgan fingerprint density at radius 2 is 1.83 bits per heavy atom. The predicted octanol–water partition coefficient (Wildman–Crippen LogP) is 1.85. The number of anilines is 4. The quantitative estimate of drug-likeness (QED) is 0.777. The molecule has 0 spiro atoms. The molecule has 0 saturated carbocycles. The van der Waals surface area contributed by atoms with E-state index in [1.54, 1.807) is 6.33 Å². The minimum absolute atomic E-state index is 0.328. The van der Waals surface area contributed by atoms with Gasteiger partial charge in [-0.2, -0.15) is 0 Å². The summed E-state index contributed by atoms with van der Waals surface area (Å²) in [6, 6.07) is 6.28. The summed E-state index contributed by atoms with van der Waals surface area (Å²) >= 11 is 0. The third-order valence-electron chi connectivity index (χ3n) is 3.59. The third-order valence-corrected chi connectivity index (χ3v) is 3.59. The first-order valence-electron chi connectivity index (χ1n) is 7.98. The molecule has 1 saturated heterocycles. The van der Waals surface area contributed by atoms with E-state index in [2.05, 4.69) is 55.7 Å². The van der Waals surface area contributed by atoms with Gasteiger partial charge in [0, 0.05) is 38.3 Å². The molecule has 7 nitrogen and oxygen atoms in total. The van der Waals surface area contributed by atoms with E-state index < -0.39 is 0 Å². The monoisotopic (exact) mass is 313 g/mol. The standard InChI is InChI=1S/C16H23N7/c1-12(2)21-15-9-16(20-11-19-15)22-14-4-3-13(10-18-14)23-7-5-17-6-8-23/h3-4,9-12,17H,5-8H2,1-2H3,(H2,18,19,20,21,22). The molecule has 0 atom stereocenters.